The fraction of sp³-hybridized carbons (Fsp3) is 0.200. The average molecular weight is 331 g/mol. The number of amides is 1. The van der Waals surface area contributed by atoms with Crippen molar-refractivity contribution in [1.29, 1.82) is 0 Å². The fourth-order valence-electron chi connectivity index (χ4n) is 2.35. The lowest BCUT2D eigenvalue weighted by Crippen LogP contribution is -2.26. The molecular formula is C15H15ClN6O. The quantitative estimate of drug-likeness (QED) is 0.793. The van der Waals surface area contributed by atoms with Gasteiger partial charge in [-0.2, -0.15) is 5.10 Å². The first-order valence-electron chi connectivity index (χ1n) is 7.01. The zero-order chi connectivity index (χ0) is 16.6. The first kappa shape index (κ1) is 15.2. The highest BCUT2D eigenvalue weighted by molar-refractivity contribution is 6.30. The molecule has 0 atom stereocenters. The summed E-state index contributed by atoms with van der Waals surface area (Å²) in [6.07, 6.45) is 6.44. The van der Waals surface area contributed by atoms with Gasteiger partial charge in [0.15, 0.2) is 5.65 Å². The molecule has 0 aliphatic carbocycles. The van der Waals surface area contributed by atoms with E-state index in [-0.39, 0.29) is 6.04 Å². The van der Waals surface area contributed by atoms with Gasteiger partial charge >= 0.3 is 0 Å². The molecule has 3 aromatic rings. The number of rotatable bonds is 4. The van der Waals surface area contributed by atoms with Gasteiger partial charge in [-0.1, -0.05) is 11.6 Å². The maximum Gasteiger partial charge on any atom is 0.250 e. The summed E-state index contributed by atoms with van der Waals surface area (Å²) in [6, 6.07) is 3.50. The van der Waals surface area contributed by atoms with Crippen LogP contribution in [-0.2, 0) is 0 Å². The number of anilines is 2. The van der Waals surface area contributed by atoms with Gasteiger partial charge in [0.2, 0.25) is 5.91 Å². The van der Waals surface area contributed by atoms with Gasteiger partial charge in [-0.3, -0.25) is 4.79 Å². The molecule has 0 aliphatic heterocycles. The molecule has 23 heavy (non-hydrogen) atoms. The number of pyridine rings is 1. The van der Waals surface area contributed by atoms with Crippen LogP contribution < -0.4 is 10.6 Å². The molecule has 0 bridgehead atoms. The standard InChI is InChI=1S/C15H15ClN6O/c1-9(2)22(13-4-3-10(5-18-13)14(17)23)12-7-20-21-8-11(16)6-19-15(12)21/h3-9H,1-2H3,(H2,17,23). The summed E-state index contributed by atoms with van der Waals surface area (Å²) in [6.45, 7) is 4.06. The van der Waals surface area contributed by atoms with E-state index in [0.717, 1.165) is 5.69 Å². The third kappa shape index (κ3) is 2.83. The van der Waals surface area contributed by atoms with E-state index in [2.05, 4.69) is 15.1 Å². The van der Waals surface area contributed by atoms with Crippen LogP contribution in [0.4, 0.5) is 11.5 Å². The number of aromatic nitrogens is 4. The van der Waals surface area contributed by atoms with Gasteiger partial charge in [0.1, 0.15) is 11.5 Å². The van der Waals surface area contributed by atoms with Crippen molar-refractivity contribution < 1.29 is 4.79 Å². The number of carbonyl (C=O) groups is 1. The number of hydrogen-bond acceptors (Lipinski definition) is 5. The smallest absolute Gasteiger partial charge is 0.250 e. The summed E-state index contributed by atoms with van der Waals surface area (Å²) in [5, 5.41) is 4.79. The molecule has 0 fully saturated rings. The predicted molar refractivity (Wildman–Crippen MR) is 88.0 cm³/mol. The zero-order valence-electron chi connectivity index (χ0n) is 12.6. The van der Waals surface area contributed by atoms with Gasteiger partial charge in [0.05, 0.1) is 23.0 Å². The minimum Gasteiger partial charge on any atom is -0.366 e. The highest BCUT2D eigenvalue weighted by atomic mass is 35.5. The Bertz CT molecular complexity index is 858. The molecule has 3 aromatic heterocycles. The second kappa shape index (κ2) is 5.85. The van der Waals surface area contributed by atoms with Crippen molar-refractivity contribution in [3.05, 3.63) is 47.5 Å². The van der Waals surface area contributed by atoms with E-state index in [0.29, 0.717) is 22.1 Å². The van der Waals surface area contributed by atoms with Crippen LogP contribution in [-0.4, -0.2) is 31.5 Å². The second-order valence-corrected chi connectivity index (χ2v) is 5.74. The number of hydrogen-bond donors (Lipinski definition) is 1. The Morgan fingerprint density at radius 2 is 2.04 bits per heavy atom. The molecule has 0 saturated heterocycles. The van der Waals surface area contributed by atoms with Crippen LogP contribution >= 0.6 is 11.6 Å². The average Bonchev–Trinajstić information content (AvgIpc) is 2.90. The van der Waals surface area contributed by atoms with Crippen molar-refractivity contribution in [3.63, 3.8) is 0 Å². The number of primary amides is 1. The summed E-state index contributed by atoms with van der Waals surface area (Å²) < 4.78 is 1.62. The Balaban J connectivity index is 2.09. The van der Waals surface area contributed by atoms with E-state index in [1.165, 1.54) is 6.20 Å². The Labute approximate surface area is 137 Å². The van der Waals surface area contributed by atoms with Crippen molar-refractivity contribution in [1.82, 2.24) is 19.6 Å². The molecule has 0 saturated carbocycles. The van der Waals surface area contributed by atoms with Crippen LogP contribution in [0.5, 0.6) is 0 Å². The van der Waals surface area contributed by atoms with E-state index in [1.54, 1.807) is 35.2 Å². The van der Waals surface area contributed by atoms with Crippen LogP contribution in [0.2, 0.25) is 5.02 Å². The minimum atomic E-state index is -0.507. The van der Waals surface area contributed by atoms with Gasteiger partial charge in [0.25, 0.3) is 0 Å². The second-order valence-electron chi connectivity index (χ2n) is 5.30. The van der Waals surface area contributed by atoms with Crippen molar-refractivity contribution in [2.75, 3.05) is 4.90 Å². The van der Waals surface area contributed by atoms with E-state index in [4.69, 9.17) is 17.3 Å². The minimum absolute atomic E-state index is 0.104. The van der Waals surface area contributed by atoms with Gasteiger partial charge in [-0.25, -0.2) is 14.5 Å². The molecule has 8 heteroatoms. The van der Waals surface area contributed by atoms with Crippen LogP contribution in [0.1, 0.15) is 24.2 Å². The van der Waals surface area contributed by atoms with Crippen molar-refractivity contribution in [2.45, 2.75) is 19.9 Å². The lowest BCUT2D eigenvalue weighted by atomic mass is 10.2. The Morgan fingerprint density at radius 1 is 1.26 bits per heavy atom. The number of carbonyl (C=O) groups excluding carboxylic acids is 1. The maximum absolute atomic E-state index is 11.2. The summed E-state index contributed by atoms with van der Waals surface area (Å²) in [5.41, 5.74) is 7.09. The van der Waals surface area contributed by atoms with Crippen molar-refractivity contribution >= 4 is 34.7 Å². The van der Waals surface area contributed by atoms with Gasteiger partial charge in [0, 0.05) is 18.4 Å². The summed E-state index contributed by atoms with van der Waals surface area (Å²) in [7, 11) is 0. The Kier molecular flexibility index (Phi) is 3.87. The van der Waals surface area contributed by atoms with Crippen molar-refractivity contribution in [3.8, 4) is 0 Å². The van der Waals surface area contributed by atoms with Gasteiger partial charge in [-0.15, -0.1) is 0 Å². The molecule has 7 nitrogen and oxygen atoms in total. The topological polar surface area (TPSA) is 89.4 Å². The molecule has 0 spiro atoms. The summed E-state index contributed by atoms with van der Waals surface area (Å²) in [4.78, 5) is 21.8. The van der Waals surface area contributed by atoms with Gasteiger partial charge in [-0.05, 0) is 26.0 Å². The lowest BCUT2D eigenvalue weighted by molar-refractivity contribution is 0.1000. The number of fused-ring (bicyclic) bond motifs is 1. The normalized spacial score (nSPS) is 11.1. The Hall–Kier alpha value is -2.67. The predicted octanol–water partition coefficient (Wildman–Crippen LogP) is 2.42. The molecule has 3 rings (SSSR count). The third-order valence-corrected chi connectivity index (χ3v) is 3.56. The molecule has 0 aromatic carbocycles. The number of nitrogens with zero attached hydrogens (tertiary/aromatic N) is 5. The van der Waals surface area contributed by atoms with Gasteiger partial charge < -0.3 is 10.6 Å². The lowest BCUT2D eigenvalue weighted by Gasteiger charge is -2.26. The van der Waals surface area contributed by atoms with Crippen LogP contribution in [0.15, 0.2) is 36.9 Å². The highest BCUT2D eigenvalue weighted by Gasteiger charge is 2.20. The van der Waals surface area contributed by atoms with E-state index < -0.39 is 5.91 Å². The van der Waals surface area contributed by atoms with Crippen LogP contribution in [0.3, 0.4) is 0 Å². The first-order chi connectivity index (χ1) is 11.0. The van der Waals surface area contributed by atoms with Crippen molar-refractivity contribution in [2.24, 2.45) is 5.73 Å². The van der Waals surface area contributed by atoms with Crippen LogP contribution in [0.25, 0.3) is 5.65 Å². The molecule has 0 unspecified atom stereocenters. The molecule has 1 amide bonds. The highest BCUT2D eigenvalue weighted by Crippen LogP contribution is 2.29. The zero-order valence-corrected chi connectivity index (χ0v) is 13.4. The maximum atomic E-state index is 11.2. The molecular weight excluding hydrogens is 316 g/mol. The molecule has 118 valence electrons. The number of halogens is 1. The van der Waals surface area contributed by atoms with E-state index in [1.807, 2.05) is 18.7 Å². The largest absolute Gasteiger partial charge is 0.366 e. The molecule has 0 radical (unpaired) electrons. The molecule has 3 heterocycles. The SMILES string of the molecule is CC(C)N(c1ccc(C(N)=O)cn1)c1cnn2cc(Cl)cnc12. The fourth-order valence-corrected chi connectivity index (χ4v) is 2.49. The van der Waals surface area contributed by atoms with E-state index >= 15 is 0 Å². The molecule has 2 N–H and O–H groups in total. The Morgan fingerprint density at radius 3 is 2.65 bits per heavy atom. The first-order valence-corrected chi connectivity index (χ1v) is 7.39. The summed E-state index contributed by atoms with van der Waals surface area (Å²) in [5.74, 6) is 0.170. The molecule has 0 aliphatic rings. The third-order valence-electron chi connectivity index (χ3n) is 3.36. The van der Waals surface area contributed by atoms with E-state index in [9.17, 15) is 4.79 Å². The van der Waals surface area contributed by atoms with Crippen LogP contribution in [0, 0.1) is 0 Å². The monoisotopic (exact) mass is 330 g/mol. The summed E-state index contributed by atoms with van der Waals surface area (Å²) >= 11 is 5.94. The number of nitrogens with two attached hydrogens (primary N) is 1.